The van der Waals surface area contributed by atoms with Crippen molar-refractivity contribution in [1.82, 2.24) is 15.6 Å². The number of hydrogen-bond donors (Lipinski definition) is 4. The van der Waals surface area contributed by atoms with E-state index in [0.29, 0.717) is 17.1 Å². The molecule has 0 saturated heterocycles. The Morgan fingerprint density at radius 2 is 1.96 bits per heavy atom. The molecule has 0 fully saturated rings. The molecular formula is C20H19ClN4O2. The third-order valence-electron chi connectivity index (χ3n) is 4.88. The average Bonchev–Trinajstić information content (AvgIpc) is 3.23. The number of aromatic amines is 1. The first-order valence-electron chi connectivity index (χ1n) is 8.71. The van der Waals surface area contributed by atoms with Crippen LogP contribution in [0.5, 0.6) is 0 Å². The molecular weight excluding hydrogens is 364 g/mol. The summed E-state index contributed by atoms with van der Waals surface area (Å²) >= 11 is 6.01. The molecule has 3 aromatic rings. The molecule has 0 aliphatic heterocycles. The maximum Gasteiger partial charge on any atom is 0.268 e. The van der Waals surface area contributed by atoms with E-state index in [0.717, 1.165) is 22.0 Å². The Hall–Kier alpha value is -2.83. The summed E-state index contributed by atoms with van der Waals surface area (Å²) in [5.41, 5.74) is 8.85. The van der Waals surface area contributed by atoms with E-state index in [1.807, 2.05) is 30.3 Å². The standard InChI is InChI=1S/C20H19ClN4O2/c21-13-5-6-15-12(7-13)9-17(23-15)20(27)24-16-8-11-3-1-2-4-14(11)19(16)25-18(26)10-22/h1-7,9,16,19,23H,8,10,22H2,(H,24,27)(H,25,26)/t16-,19+/m1/s1. The lowest BCUT2D eigenvalue weighted by atomic mass is 10.1. The Bertz CT molecular complexity index is 1030. The summed E-state index contributed by atoms with van der Waals surface area (Å²) in [4.78, 5) is 27.8. The number of rotatable bonds is 4. The second-order valence-corrected chi connectivity index (χ2v) is 7.08. The van der Waals surface area contributed by atoms with Crippen LogP contribution in [0.4, 0.5) is 0 Å². The zero-order chi connectivity index (χ0) is 19.0. The summed E-state index contributed by atoms with van der Waals surface area (Å²) in [5, 5.41) is 7.44. The van der Waals surface area contributed by atoms with Gasteiger partial charge >= 0.3 is 0 Å². The van der Waals surface area contributed by atoms with Crippen molar-refractivity contribution in [1.29, 1.82) is 0 Å². The lowest BCUT2D eigenvalue weighted by Crippen LogP contribution is -2.45. The van der Waals surface area contributed by atoms with Crippen LogP contribution < -0.4 is 16.4 Å². The highest BCUT2D eigenvalue weighted by molar-refractivity contribution is 6.31. The van der Waals surface area contributed by atoms with E-state index in [2.05, 4.69) is 15.6 Å². The van der Waals surface area contributed by atoms with E-state index in [9.17, 15) is 9.59 Å². The van der Waals surface area contributed by atoms with E-state index in [1.54, 1.807) is 18.2 Å². The van der Waals surface area contributed by atoms with Crippen molar-refractivity contribution in [3.8, 4) is 0 Å². The fourth-order valence-corrected chi connectivity index (χ4v) is 3.79. The fraction of sp³-hybridized carbons (Fsp3) is 0.200. The first kappa shape index (κ1) is 17.6. The van der Waals surface area contributed by atoms with Gasteiger partial charge in [-0.15, -0.1) is 0 Å². The van der Waals surface area contributed by atoms with Crippen molar-refractivity contribution in [3.05, 3.63) is 70.4 Å². The Balaban J connectivity index is 1.58. The van der Waals surface area contributed by atoms with Gasteiger partial charge in [-0.1, -0.05) is 35.9 Å². The van der Waals surface area contributed by atoms with Crippen molar-refractivity contribution in [2.45, 2.75) is 18.5 Å². The number of aromatic nitrogens is 1. The molecule has 1 aromatic heterocycles. The molecule has 0 bridgehead atoms. The third-order valence-corrected chi connectivity index (χ3v) is 5.11. The normalized spacial score (nSPS) is 18.3. The van der Waals surface area contributed by atoms with Crippen LogP contribution in [0.1, 0.15) is 27.7 Å². The average molecular weight is 383 g/mol. The second kappa shape index (κ2) is 7.06. The van der Waals surface area contributed by atoms with Crippen LogP contribution in [0.3, 0.4) is 0 Å². The topological polar surface area (TPSA) is 100 Å². The lowest BCUT2D eigenvalue weighted by molar-refractivity contribution is -0.120. The van der Waals surface area contributed by atoms with Crippen LogP contribution in [-0.4, -0.2) is 29.4 Å². The lowest BCUT2D eigenvalue weighted by Gasteiger charge is -2.22. The van der Waals surface area contributed by atoms with Gasteiger partial charge in [-0.25, -0.2) is 0 Å². The summed E-state index contributed by atoms with van der Waals surface area (Å²) < 4.78 is 0. The van der Waals surface area contributed by atoms with Crippen molar-refractivity contribution in [2.75, 3.05) is 6.54 Å². The van der Waals surface area contributed by atoms with Gasteiger partial charge < -0.3 is 21.4 Å². The first-order valence-corrected chi connectivity index (χ1v) is 9.09. The molecule has 138 valence electrons. The molecule has 27 heavy (non-hydrogen) atoms. The molecule has 2 atom stereocenters. The molecule has 1 heterocycles. The largest absolute Gasteiger partial charge is 0.351 e. The van der Waals surface area contributed by atoms with Gasteiger partial charge in [0.2, 0.25) is 5.91 Å². The fourth-order valence-electron chi connectivity index (χ4n) is 3.61. The van der Waals surface area contributed by atoms with Gasteiger partial charge in [-0.05, 0) is 41.8 Å². The Kier molecular flexibility index (Phi) is 4.59. The third kappa shape index (κ3) is 3.41. The van der Waals surface area contributed by atoms with Gasteiger partial charge in [-0.3, -0.25) is 9.59 Å². The highest BCUT2D eigenvalue weighted by Crippen LogP contribution is 2.31. The quantitative estimate of drug-likeness (QED) is 0.557. The van der Waals surface area contributed by atoms with Gasteiger partial charge in [0.1, 0.15) is 5.69 Å². The number of carbonyl (C=O) groups is 2. The predicted octanol–water partition coefficient (Wildman–Crippen LogP) is 2.29. The molecule has 0 spiro atoms. The molecule has 1 aliphatic rings. The minimum absolute atomic E-state index is 0.0951. The van der Waals surface area contributed by atoms with Gasteiger partial charge in [-0.2, -0.15) is 0 Å². The van der Waals surface area contributed by atoms with E-state index >= 15 is 0 Å². The van der Waals surface area contributed by atoms with E-state index in [-0.39, 0.29) is 30.4 Å². The first-order chi connectivity index (χ1) is 13.0. The summed E-state index contributed by atoms with van der Waals surface area (Å²) in [6.07, 6.45) is 0.642. The van der Waals surface area contributed by atoms with Gasteiger partial charge in [0.25, 0.3) is 5.91 Å². The highest BCUT2D eigenvalue weighted by atomic mass is 35.5. The smallest absolute Gasteiger partial charge is 0.268 e. The molecule has 0 unspecified atom stereocenters. The number of hydrogen-bond acceptors (Lipinski definition) is 3. The molecule has 7 heteroatoms. The van der Waals surface area contributed by atoms with E-state index < -0.39 is 0 Å². The highest BCUT2D eigenvalue weighted by Gasteiger charge is 2.34. The summed E-state index contributed by atoms with van der Waals surface area (Å²) in [6, 6.07) is 14.5. The SMILES string of the molecule is NCC(=O)N[C@H]1c2ccccc2C[C@H]1NC(=O)c1cc2cc(Cl)ccc2[nH]1. The minimum Gasteiger partial charge on any atom is -0.351 e. The Morgan fingerprint density at radius 1 is 1.15 bits per heavy atom. The van der Waals surface area contributed by atoms with Gasteiger partial charge in [0, 0.05) is 15.9 Å². The zero-order valence-corrected chi connectivity index (χ0v) is 15.2. The zero-order valence-electron chi connectivity index (χ0n) is 14.5. The van der Waals surface area contributed by atoms with Crippen LogP contribution in [0.25, 0.3) is 10.9 Å². The minimum atomic E-state index is -0.306. The predicted molar refractivity (Wildman–Crippen MR) is 105 cm³/mol. The number of benzene rings is 2. The molecule has 5 N–H and O–H groups in total. The Labute approximate surface area is 161 Å². The monoisotopic (exact) mass is 382 g/mol. The van der Waals surface area contributed by atoms with E-state index in [4.69, 9.17) is 17.3 Å². The van der Waals surface area contributed by atoms with Crippen LogP contribution in [-0.2, 0) is 11.2 Å². The number of fused-ring (bicyclic) bond motifs is 2. The van der Waals surface area contributed by atoms with Crippen LogP contribution in [0.15, 0.2) is 48.5 Å². The summed E-state index contributed by atoms with van der Waals surface area (Å²) in [5.74, 6) is -0.483. The maximum atomic E-state index is 12.8. The van der Waals surface area contributed by atoms with Crippen molar-refractivity contribution in [3.63, 3.8) is 0 Å². The molecule has 4 rings (SSSR count). The number of amides is 2. The molecule has 2 amide bonds. The number of nitrogens with one attached hydrogen (secondary N) is 3. The number of H-pyrrole nitrogens is 1. The molecule has 2 aromatic carbocycles. The van der Waals surface area contributed by atoms with Crippen LogP contribution >= 0.6 is 11.6 Å². The molecule has 0 saturated carbocycles. The van der Waals surface area contributed by atoms with Crippen molar-refractivity contribution < 1.29 is 9.59 Å². The number of carbonyl (C=O) groups excluding carboxylic acids is 2. The number of halogens is 1. The van der Waals surface area contributed by atoms with E-state index in [1.165, 1.54) is 0 Å². The second-order valence-electron chi connectivity index (χ2n) is 6.65. The molecule has 1 aliphatic carbocycles. The Morgan fingerprint density at radius 3 is 2.78 bits per heavy atom. The van der Waals surface area contributed by atoms with Crippen molar-refractivity contribution in [2.24, 2.45) is 5.73 Å². The van der Waals surface area contributed by atoms with Gasteiger partial charge in [0.05, 0.1) is 18.6 Å². The molecule has 6 nitrogen and oxygen atoms in total. The van der Waals surface area contributed by atoms with Gasteiger partial charge in [0.15, 0.2) is 0 Å². The number of nitrogens with two attached hydrogens (primary N) is 1. The van der Waals surface area contributed by atoms with Crippen molar-refractivity contribution >= 4 is 34.3 Å². The van der Waals surface area contributed by atoms with Crippen LogP contribution in [0, 0.1) is 0 Å². The molecule has 0 radical (unpaired) electrons. The summed E-state index contributed by atoms with van der Waals surface area (Å²) in [6.45, 7) is -0.0951. The summed E-state index contributed by atoms with van der Waals surface area (Å²) in [7, 11) is 0. The maximum absolute atomic E-state index is 12.8. The van der Waals surface area contributed by atoms with Crippen LogP contribution in [0.2, 0.25) is 5.02 Å².